The second-order valence-electron chi connectivity index (χ2n) is 5.09. The van der Waals surface area contributed by atoms with E-state index in [1.54, 1.807) is 12.4 Å². The Hall–Kier alpha value is -1.78. The molecule has 3 nitrogen and oxygen atoms in total. The number of benzene rings is 1. The SMILES string of the molecule is CCCC(NC)c1ccc(-c2ccc3nccnc3c2)s1. The number of hydrogen-bond donors (Lipinski definition) is 1. The van der Waals surface area contributed by atoms with Crippen molar-refractivity contribution in [3.63, 3.8) is 0 Å². The highest BCUT2D eigenvalue weighted by atomic mass is 32.1. The Balaban J connectivity index is 1.93. The summed E-state index contributed by atoms with van der Waals surface area (Å²) in [6, 6.07) is 11.2. The number of nitrogens with zero attached hydrogens (tertiary/aromatic N) is 2. The largest absolute Gasteiger partial charge is 0.312 e. The topological polar surface area (TPSA) is 37.8 Å². The smallest absolute Gasteiger partial charge is 0.0893 e. The molecule has 2 aromatic heterocycles. The fourth-order valence-electron chi connectivity index (χ4n) is 2.53. The lowest BCUT2D eigenvalue weighted by atomic mass is 10.1. The molecule has 0 radical (unpaired) electrons. The van der Waals surface area contributed by atoms with Crippen molar-refractivity contribution < 1.29 is 0 Å². The first-order valence-electron chi connectivity index (χ1n) is 7.30. The van der Waals surface area contributed by atoms with Crippen LogP contribution in [-0.4, -0.2) is 17.0 Å². The molecular weight excluding hydrogens is 278 g/mol. The number of nitrogens with one attached hydrogen (secondary N) is 1. The van der Waals surface area contributed by atoms with Crippen LogP contribution in [0.4, 0.5) is 0 Å². The van der Waals surface area contributed by atoms with Gasteiger partial charge in [-0.25, -0.2) is 0 Å². The summed E-state index contributed by atoms with van der Waals surface area (Å²) < 4.78 is 0. The highest BCUT2D eigenvalue weighted by molar-refractivity contribution is 7.15. The van der Waals surface area contributed by atoms with Crippen LogP contribution in [0.5, 0.6) is 0 Å². The van der Waals surface area contributed by atoms with Gasteiger partial charge in [-0.15, -0.1) is 11.3 Å². The van der Waals surface area contributed by atoms with Gasteiger partial charge in [0, 0.05) is 28.2 Å². The van der Waals surface area contributed by atoms with Crippen LogP contribution >= 0.6 is 11.3 Å². The van der Waals surface area contributed by atoms with E-state index in [2.05, 4.69) is 46.5 Å². The minimum absolute atomic E-state index is 0.453. The molecule has 4 heteroatoms. The molecule has 1 atom stereocenters. The van der Waals surface area contributed by atoms with Crippen LogP contribution in [0.3, 0.4) is 0 Å². The molecule has 0 aliphatic heterocycles. The van der Waals surface area contributed by atoms with Gasteiger partial charge in [-0.05, 0) is 43.3 Å². The van der Waals surface area contributed by atoms with Crippen LogP contribution in [0.25, 0.3) is 21.5 Å². The molecular formula is C17H19N3S. The van der Waals surface area contributed by atoms with Gasteiger partial charge in [-0.3, -0.25) is 9.97 Å². The summed E-state index contributed by atoms with van der Waals surface area (Å²) in [7, 11) is 2.03. The summed E-state index contributed by atoms with van der Waals surface area (Å²) in [6.07, 6.45) is 5.82. The highest BCUT2D eigenvalue weighted by Crippen LogP contribution is 2.33. The monoisotopic (exact) mass is 297 g/mol. The van der Waals surface area contributed by atoms with Crippen molar-refractivity contribution >= 4 is 22.4 Å². The molecule has 0 spiro atoms. The minimum Gasteiger partial charge on any atom is -0.312 e. The zero-order valence-electron chi connectivity index (χ0n) is 12.3. The second-order valence-corrected chi connectivity index (χ2v) is 6.21. The molecule has 3 rings (SSSR count). The third-order valence-corrected chi connectivity index (χ3v) is 4.90. The fourth-order valence-corrected chi connectivity index (χ4v) is 3.68. The highest BCUT2D eigenvalue weighted by Gasteiger charge is 2.12. The van der Waals surface area contributed by atoms with E-state index in [0.717, 1.165) is 11.0 Å². The number of rotatable bonds is 5. The summed E-state index contributed by atoms with van der Waals surface area (Å²) in [6.45, 7) is 2.22. The molecule has 0 fully saturated rings. The van der Waals surface area contributed by atoms with E-state index in [1.807, 2.05) is 24.5 Å². The predicted molar refractivity (Wildman–Crippen MR) is 89.6 cm³/mol. The summed E-state index contributed by atoms with van der Waals surface area (Å²) >= 11 is 1.86. The van der Waals surface area contributed by atoms with Crippen LogP contribution in [0, 0.1) is 0 Å². The van der Waals surface area contributed by atoms with E-state index in [9.17, 15) is 0 Å². The lowest BCUT2D eigenvalue weighted by Gasteiger charge is -2.12. The van der Waals surface area contributed by atoms with Gasteiger partial charge < -0.3 is 5.32 Å². The Morgan fingerprint density at radius 1 is 1.10 bits per heavy atom. The van der Waals surface area contributed by atoms with Crippen LogP contribution in [0.2, 0.25) is 0 Å². The van der Waals surface area contributed by atoms with Gasteiger partial charge in [0.2, 0.25) is 0 Å². The fraction of sp³-hybridized carbons (Fsp3) is 0.294. The Kier molecular flexibility index (Phi) is 4.27. The molecule has 1 aromatic carbocycles. The van der Waals surface area contributed by atoms with Crippen LogP contribution < -0.4 is 5.32 Å². The van der Waals surface area contributed by atoms with Crippen molar-refractivity contribution in [3.05, 3.63) is 47.6 Å². The van der Waals surface area contributed by atoms with E-state index < -0.39 is 0 Å². The zero-order chi connectivity index (χ0) is 14.7. The maximum Gasteiger partial charge on any atom is 0.0893 e. The summed E-state index contributed by atoms with van der Waals surface area (Å²) in [5.74, 6) is 0. The number of fused-ring (bicyclic) bond motifs is 1. The van der Waals surface area contributed by atoms with Crippen molar-refractivity contribution in [2.24, 2.45) is 0 Å². The molecule has 21 heavy (non-hydrogen) atoms. The van der Waals surface area contributed by atoms with E-state index in [0.29, 0.717) is 6.04 Å². The van der Waals surface area contributed by atoms with E-state index in [1.165, 1.54) is 28.2 Å². The van der Waals surface area contributed by atoms with Gasteiger partial charge in [0.25, 0.3) is 0 Å². The molecule has 0 saturated carbocycles. The van der Waals surface area contributed by atoms with Gasteiger partial charge in [0.1, 0.15) is 0 Å². The molecule has 108 valence electrons. The summed E-state index contributed by atoms with van der Waals surface area (Å²) in [5.41, 5.74) is 3.10. The average molecular weight is 297 g/mol. The first-order valence-corrected chi connectivity index (χ1v) is 8.11. The number of aromatic nitrogens is 2. The van der Waals surface area contributed by atoms with Crippen LogP contribution in [0.15, 0.2) is 42.7 Å². The van der Waals surface area contributed by atoms with Crippen molar-refractivity contribution in [1.29, 1.82) is 0 Å². The molecule has 0 bridgehead atoms. The summed E-state index contributed by atoms with van der Waals surface area (Å²) in [4.78, 5) is 11.4. The number of thiophene rings is 1. The van der Waals surface area contributed by atoms with E-state index in [4.69, 9.17) is 0 Å². The van der Waals surface area contributed by atoms with Gasteiger partial charge in [0.05, 0.1) is 11.0 Å². The van der Waals surface area contributed by atoms with Gasteiger partial charge in [0.15, 0.2) is 0 Å². The third-order valence-electron chi connectivity index (χ3n) is 3.65. The maximum absolute atomic E-state index is 4.38. The molecule has 0 saturated heterocycles. The van der Waals surface area contributed by atoms with Crippen LogP contribution in [-0.2, 0) is 0 Å². The molecule has 2 heterocycles. The lowest BCUT2D eigenvalue weighted by molar-refractivity contribution is 0.550. The van der Waals surface area contributed by atoms with Crippen molar-refractivity contribution in [2.75, 3.05) is 7.05 Å². The van der Waals surface area contributed by atoms with Gasteiger partial charge >= 0.3 is 0 Å². The lowest BCUT2D eigenvalue weighted by Crippen LogP contribution is -2.14. The van der Waals surface area contributed by atoms with E-state index in [-0.39, 0.29) is 0 Å². The summed E-state index contributed by atoms with van der Waals surface area (Å²) in [5, 5.41) is 3.40. The van der Waals surface area contributed by atoms with Gasteiger partial charge in [-0.2, -0.15) is 0 Å². The Morgan fingerprint density at radius 3 is 2.67 bits per heavy atom. The maximum atomic E-state index is 4.38. The van der Waals surface area contributed by atoms with Crippen molar-refractivity contribution in [3.8, 4) is 10.4 Å². The molecule has 0 amide bonds. The zero-order valence-corrected chi connectivity index (χ0v) is 13.2. The van der Waals surface area contributed by atoms with E-state index >= 15 is 0 Å². The molecule has 1 N–H and O–H groups in total. The quantitative estimate of drug-likeness (QED) is 0.757. The minimum atomic E-state index is 0.453. The molecule has 3 aromatic rings. The number of hydrogen-bond acceptors (Lipinski definition) is 4. The Morgan fingerprint density at radius 2 is 1.90 bits per heavy atom. The normalized spacial score (nSPS) is 12.7. The average Bonchev–Trinajstić information content (AvgIpc) is 3.02. The third kappa shape index (κ3) is 2.96. The standard InChI is InChI=1S/C17H19N3S/c1-3-4-14(18-2)17-8-7-16(21-17)12-5-6-13-15(11-12)20-10-9-19-13/h5-11,14,18H,3-4H2,1-2H3. The van der Waals surface area contributed by atoms with Crippen LogP contribution in [0.1, 0.15) is 30.7 Å². The van der Waals surface area contributed by atoms with Crippen molar-refractivity contribution in [2.45, 2.75) is 25.8 Å². The Bertz CT molecular complexity index is 735. The second kappa shape index (κ2) is 6.33. The Labute approximate surface area is 129 Å². The van der Waals surface area contributed by atoms with Gasteiger partial charge in [-0.1, -0.05) is 19.4 Å². The van der Waals surface area contributed by atoms with Crippen molar-refractivity contribution in [1.82, 2.24) is 15.3 Å². The molecule has 0 aliphatic carbocycles. The first kappa shape index (κ1) is 14.2. The first-order chi connectivity index (χ1) is 10.3. The predicted octanol–water partition coefficient (Wildman–Crippen LogP) is 4.42. The molecule has 0 aliphatic rings. The molecule has 1 unspecified atom stereocenters.